The third-order valence-corrected chi connectivity index (χ3v) is 3.84. The van der Waals surface area contributed by atoms with Crippen molar-refractivity contribution < 1.29 is 14.6 Å². The Bertz CT molecular complexity index is 229. The number of hydrogen-bond donors (Lipinski definition) is 1. The van der Waals surface area contributed by atoms with E-state index in [9.17, 15) is 9.90 Å². The summed E-state index contributed by atoms with van der Waals surface area (Å²) in [6, 6.07) is 0. The number of rotatable bonds is 6. The summed E-state index contributed by atoms with van der Waals surface area (Å²) < 4.78 is 5.53. The first-order chi connectivity index (χ1) is 7.08. The van der Waals surface area contributed by atoms with Crippen LogP contribution in [0.2, 0.25) is 0 Å². The Kier molecular flexibility index (Phi) is 8.00. The highest BCUT2D eigenvalue weighted by molar-refractivity contribution is 8.22. The Labute approximate surface area is 99.6 Å². The second-order valence-electron chi connectivity index (χ2n) is 2.73. The lowest BCUT2D eigenvalue weighted by molar-refractivity contribution is -0.137. The summed E-state index contributed by atoms with van der Waals surface area (Å²) in [7, 11) is 1.33. The van der Waals surface area contributed by atoms with Crippen molar-refractivity contribution in [2.75, 3.05) is 18.6 Å². The van der Waals surface area contributed by atoms with E-state index in [0.717, 1.165) is 15.7 Å². The average Bonchev–Trinajstić information content (AvgIpc) is 2.18. The fraction of sp³-hybridized carbons (Fsp3) is 0.700. The Morgan fingerprint density at radius 3 is 2.07 bits per heavy atom. The van der Waals surface area contributed by atoms with Gasteiger partial charge in [0.25, 0.3) is 0 Å². The minimum Gasteiger partial charge on any atom is -0.466 e. The molecular weight excluding hydrogens is 232 g/mol. The van der Waals surface area contributed by atoms with Gasteiger partial charge >= 0.3 is 5.97 Å². The van der Waals surface area contributed by atoms with E-state index >= 15 is 0 Å². The molecule has 3 nitrogen and oxygen atoms in total. The lowest BCUT2D eigenvalue weighted by Crippen LogP contribution is -2.17. The van der Waals surface area contributed by atoms with E-state index in [-0.39, 0.29) is 0 Å². The van der Waals surface area contributed by atoms with Gasteiger partial charge in [-0.2, -0.15) is 0 Å². The van der Waals surface area contributed by atoms with Gasteiger partial charge in [0.05, 0.1) is 23.0 Å². The molecule has 0 bridgehead atoms. The molecule has 1 atom stereocenters. The van der Waals surface area contributed by atoms with Crippen molar-refractivity contribution >= 4 is 29.5 Å². The molecule has 0 fully saturated rings. The lowest BCUT2D eigenvalue weighted by Gasteiger charge is -2.13. The van der Waals surface area contributed by atoms with E-state index in [1.165, 1.54) is 7.11 Å². The second kappa shape index (κ2) is 8.07. The topological polar surface area (TPSA) is 46.5 Å². The highest BCUT2D eigenvalue weighted by Gasteiger charge is 2.21. The number of thioether (sulfide) groups is 2. The maximum absolute atomic E-state index is 11.5. The summed E-state index contributed by atoms with van der Waals surface area (Å²) in [6.07, 6.45) is -0.787. The van der Waals surface area contributed by atoms with E-state index in [4.69, 9.17) is 0 Å². The predicted octanol–water partition coefficient (Wildman–Crippen LogP) is 2.26. The first kappa shape index (κ1) is 14.9. The third-order valence-electron chi connectivity index (χ3n) is 1.59. The molecule has 0 aromatic heterocycles. The maximum atomic E-state index is 11.5. The summed E-state index contributed by atoms with van der Waals surface area (Å²) in [5.41, 5.74) is 0.371. The zero-order valence-electron chi connectivity index (χ0n) is 9.57. The van der Waals surface area contributed by atoms with Crippen LogP contribution in [0.3, 0.4) is 0 Å². The minimum atomic E-state index is -0.787. The second-order valence-corrected chi connectivity index (χ2v) is 5.54. The number of ether oxygens (including phenoxy) is 1. The summed E-state index contributed by atoms with van der Waals surface area (Å²) in [5.74, 6) is 1.30. The van der Waals surface area contributed by atoms with Gasteiger partial charge in [-0.3, -0.25) is 0 Å². The van der Waals surface area contributed by atoms with Gasteiger partial charge in [0.2, 0.25) is 0 Å². The first-order valence-electron chi connectivity index (χ1n) is 4.84. The number of hydrogen-bond acceptors (Lipinski definition) is 5. The molecule has 0 rings (SSSR count). The minimum absolute atomic E-state index is 0.371. The fourth-order valence-electron chi connectivity index (χ4n) is 0.994. The molecule has 15 heavy (non-hydrogen) atoms. The van der Waals surface area contributed by atoms with Gasteiger partial charge in [-0.1, -0.05) is 13.8 Å². The molecule has 88 valence electrons. The van der Waals surface area contributed by atoms with Crippen molar-refractivity contribution in [2.24, 2.45) is 0 Å². The monoisotopic (exact) mass is 250 g/mol. The van der Waals surface area contributed by atoms with E-state index in [0.29, 0.717) is 5.57 Å². The van der Waals surface area contributed by atoms with Crippen LogP contribution < -0.4 is 0 Å². The van der Waals surface area contributed by atoms with E-state index < -0.39 is 12.1 Å². The number of aliphatic hydroxyl groups excluding tert-OH is 1. The normalized spacial score (nSPS) is 12.1. The Morgan fingerprint density at radius 1 is 1.33 bits per heavy atom. The van der Waals surface area contributed by atoms with Crippen molar-refractivity contribution in [3.8, 4) is 0 Å². The summed E-state index contributed by atoms with van der Waals surface area (Å²) in [4.78, 5) is 11.5. The zero-order chi connectivity index (χ0) is 11.8. The van der Waals surface area contributed by atoms with Gasteiger partial charge in [-0.15, -0.1) is 23.5 Å². The molecule has 0 aliphatic rings. The number of carbonyl (C=O) groups is 1. The van der Waals surface area contributed by atoms with Crippen molar-refractivity contribution in [2.45, 2.75) is 26.9 Å². The molecule has 0 aliphatic heterocycles. The van der Waals surface area contributed by atoms with Crippen LogP contribution in [0.25, 0.3) is 0 Å². The third kappa shape index (κ3) is 4.95. The van der Waals surface area contributed by atoms with Crippen LogP contribution in [0.4, 0.5) is 0 Å². The van der Waals surface area contributed by atoms with Gasteiger partial charge < -0.3 is 9.84 Å². The molecule has 1 unspecified atom stereocenters. The summed E-state index contributed by atoms with van der Waals surface area (Å²) in [6.45, 7) is 5.61. The molecule has 0 amide bonds. The van der Waals surface area contributed by atoms with E-state index in [1.807, 2.05) is 13.8 Å². The fourth-order valence-corrected chi connectivity index (χ4v) is 3.38. The molecule has 0 saturated heterocycles. The Balaban J connectivity index is 5.04. The Morgan fingerprint density at radius 2 is 1.80 bits per heavy atom. The van der Waals surface area contributed by atoms with Crippen molar-refractivity contribution in [1.29, 1.82) is 0 Å². The number of esters is 1. The smallest absolute Gasteiger partial charge is 0.338 e. The van der Waals surface area contributed by atoms with Crippen molar-refractivity contribution in [3.05, 3.63) is 9.81 Å². The number of methoxy groups -OCH3 is 1. The predicted molar refractivity (Wildman–Crippen MR) is 67.0 cm³/mol. The first-order valence-corrected chi connectivity index (χ1v) is 6.81. The summed E-state index contributed by atoms with van der Waals surface area (Å²) >= 11 is 3.13. The summed E-state index contributed by atoms with van der Waals surface area (Å²) in [5, 5.41) is 9.55. The van der Waals surface area contributed by atoms with E-state index in [1.54, 1.807) is 30.4 Å². The highest BCUT2D eigenvalue weighted by Crippen LogP contribution is 2.33. The standard InChI is InChI=1S/C10H18O3S2/c1-5-14-10(15-6-2)8(7(3)11)9(12)13-4/h7,11H,5-6H2,1-4H3. The molecule has 5 heteroatoms. The van der Waals surface area contributed by atoms with Gasteiger partial charge in [-0.05, 0) is 18.4 Å². The quantitative estimate of drug-likeness (QED) is 0.579. The number of aliphatic hydroxyl groups is 1. The molecule has 0 aliphatic carbocycles. The molecule has 0 spiro atoms. The molecular formula is C10H18O3S2. The van der Waals surface area contributed by atoms with Crippen LogP contribution in [-0.4, -0.2) is 35.8 Å². The van der Waals surface area contributed by atoms with Crippen LogP contribution in [-0.2, 0) is 9.53 Å². The highest BCUT2D eigenvalue weighted by atomic mass is 32.2. The van der Waals surface area contributed by atoms with Gasteiger partial charge in [0.1, 0.15) is 0 Å². The van der Waals surface area contributed by atoms with Crippen LogP contribution in [0.15, 0.2) is 9.81 Å². The molecule has 0 heterocycles. The van der Waals surface area contributed by atoms with Gasteiger partial charge in [-0.25, -0.2) is 4.79 Å². The van der Waals surface area contributed by atoms with Crippen molar-refractivity contribution in [3.63, 3.8) is 0 Å². The van der Waals surface area contributed by atoms with Crippen LogP contribution >= 0.6 is 23.5 Å². The van der Waals surface area contributed by atoms with Crippen LogP contribution in [0.1, 0.15) is 20.8 Å². The largest absolute Gasteiger partial charge is 0.466 e. The average molecular weight is 250 g/mol. The molecule has 0 aromatic carbocycles. The SMILES string of the molecule is CCSC(SCC)=C(C(=O)OC)C(C)O. The van der Waals surface area contributed by atoms with Gasteiger partial charge in [0, 0.05) is 0 Å². The lowest BCUT2D eigenvalue weighted by atomic mass is 10.2. The van der Waals surface area contributed by atoms with Gasteiger partial charge in [0.15, 0.2) is 0 Å². The van der Waals surface area contributed by atoms with Crippen molar-refractivity contribution in [1.82, 2.24) is 0 Å². The molecule has 0 radical (unpaired) electrons. The maximum Gasteiger partial charge on any atom is 0.338 e. The Hall–Kier alpha value is -0.130. The zero-order valence-corrected chi connectivity index (χ0v) is 11.2. The molecule has 1 N–H and O–H groups in total. The van der Waals surface area contributed by atoms with Crippen LogP contribution in [0.5, 0.6) is 0 Å². The van der Waals surface area contributed by atoms with E-state index in [2.05, 4.69) is 4.74 Å². The molecule has 0 aromatic rings. The molecule has 0 saturated carbocycles. The number of carbonyl (C=O) groups excluding carboxylic acids is 1. The van der Waals surface area contributed by atoms with Crippen LogP contribution in [0, 0.1) is 0 Å².